The standard InChI is InChI=1S/C13H15BrN2O2.2C2H6/c1-7-10(6-11(15)13(17)18)9-4-3-8(14)5-12(9)16(7)2;2*1-2/h3-5,11H,6,15H2,1-2H3,(H,17,18);2*1-2H3. The fraction of sp³-hybridized carbons (Fsp3) is 0.471. The van der Waals surface area contributed by atoms with Crippen LogP contribution in [0, 0.1) is 6.92 Å². The van der Waals surface area contributed by atoms with E-state index in [2.05, 4.69) is 20.5 Å². The summed E-state index contributed by atoms with van der Waals surface area (Å²) in [5, 5.41) is 9.98. The molecule has 0 saturated carbocycles. The number of carbonyl (C=O) groups is 1. The highest BCUT2D eigenvalue weighted by Crippen LogP contribution is 2.28. The fourth-order valence-electron chi connectivity index (χ4n) is 2.18. The number of nitrogens with zero attached hydrogens (tertiary/aromatic N) is 1. The van der Waals surface area contributed by atoms with Crippen molar-refractivity contribution in [3.63, 3.8) is 0 Å². The zero-order chi connectivity index (χ0) is 17.4. The molecule has 0 aliphatic carbocycles. The summed E-state index contributed by atoms with van der Waals surface area (Å²) in [6, 6.07) is 5.12. The summed E-state index contributed by atoms with van der Waals surface area (Å²) in [6.45, 7) is 9.98. The summed E-state index contributed by atoms with van der Waals surface area (Å²) in [7, 11) is 1.97. The van der Waals surface area contributed by atoms with Crippen molar-refractivity contribution in [2.45, 2.75) is 47.1 Å². The van der Waals surface area contributed by atoms with E-state index in [1.54, 1.807) is 0 Å². The first kappa shape index (κ1) is 20.7. The number of halogens is 1. The van der Waals surface area contributed by atoms with Crippen molar-refractivity contribution >= 4 is 32.8 Å². The molecule has 2 rings (SSSR count). The molecule has 0 amide bonds. The van der Waals surface area contributed by atoms with Crippen LogP contribution in [0.3, 0.4) is 0 Å². The van der Waals surface area contributed by atoms with E-state index in [0.29, 0.717) is 6.42 Å². The second kappa shape index (κ2) is 9.64. The lowest BCUT2D eigenvalue weighted by atomic mass is 10.0. The molecule has 3 N–H and O–H groups in total. The van der Waals surface area contributed by atoms with E-state index in [1.807, 2.05) is 59.9 Å². The van der Waals surface area contributed by atoms with Gasteiger partial charge < -0.3 is 15.4 Å². The minimum Gasteiger partial charge on any atom is -0.480 e. The highest BCUT2D eigenvalue weighted by atomic mass is 79.9. The van der Waals surface area contributed by atoms with Crippen molar-refractivity contribution in [3.05, 3.63) is 33.9 Å². The molecule has 1 unspecified atom stereocenters. The van der Waals surface area contributed by atoms with Gasteiger partial charge in [0.1, 0.15) is 6.04 Å². The molecule has 0 aliphatic rings. The Hall–Kier alpha value is -1.33. The number of carboxylic acid groups (broad SMARTS) is 1. The number of fused-ring (bicyclic) bond motifs is 1. The molecule has 22 heavy (non-hydrogen) atoms. The molecule has 1 aromatic heterocycles. The van der Waals surface area contributed by atoms with Crippen molar-refractivity contribution in [1.29, 1.82) is 0 Å². The number of aromatic nitrogens is 1. The van der Waals surface area contributed by atoms with Gasteiger partial charge in [0.2, 0.25) is 0 Å². The quantitative estimate of drug-likeness (QED) is 0.847. The zero-order valence-corrected chi connectivity index (χ0v) is 15.9. The predicted octanol–water partition coefficient (Wildman–Crippen LogP) is 4.26. The molecule has 2 aromatic rings. The van der Waals surface area contributed by atoms with Gasteiger partial charge in [-0.05, 0) is 24.6 Å². The van der Waals surface area contributed by atoms with E-state index in [4.69, 9.17) is 10.8 Å². The number of aryl methyl sites for hydroxylation is 1. The molecule has 1 heterocycles. The average molecular weight is 371 g/mol. The van der Waals surface area contributed by atoms with Crippen LogP contribution in [0.4, 0.5) is 0 Å². The maximum absolute atomic E-state index is 10.9. The zero-order valence-electron chi connectivity index (χ0n) is 14.3. The van der Waals surface area contributed by atoms with Gasteiger partial charge in [-0.3, -0.25) is 4.79 Å². The van der Waals surface area contributed by atoms with Crippen LogP contribution in [0.5, 0.6) is 0 Å². The van der Waals surface area contributed by atoms with Gasteiger partial charge in [0, 0.05) is 34.5 Å². The van der Waals surface area contributed by atoms with Gasteiger partial charge in [-0.15, -0.1) is 0 Å². The van der Waals surface area contributed by atoms with Gasteiger partial charge in [0.15, 0.2) is 0 Å². The average Bonchev–Trinajstić information content (AvgIpc) is 2.76. The Kier molecular flexibility index (Phi) is 9.06. The Labute approximate surface area is 141 Å². The first-order valence-corrected chi connectivity index (χ1v) is 8.43. The van der Waals surface area contributed by atoms with E-state index in [1.165, 1.54) is 0 Å². The van der Waals surface area contributed by atoms with E-state index in [9.17, 15) is 4.79 Å². The van der Waals surface area contributed by atoms with Gasteiger partial charge in [-0.25, -0.2) is 0 Å². The number of nitrogens with two attached hydrogens (primary N) is 1. The summed E-state index contributed by atoms with van der Waals surface area (Å²) >= 11 is 3.44. The molecule has 124 valence electrons. The molecule has 0 saturated heterocycles. The van der Waals surface area contributed by atoms with Crippen LogP contribution < -0.4 is 5.73 Å². The Morgan fingerprint density at radius 1 is 1.32 bits per heavy atom. The lowest BCUT2D eigenvalue weighted by Crippen LogP contribution is -2.32. The minimum absolute atomic E-state index is 0.347. The van der Waals surface area contributed by atoms with Crippen LogP contribution in [-0.2, 0) is 18.3 Å². The molecule has 4 nitrogen and oxygen atoms in total. The molecule has 0 radical (unpaired) electrons. The molecular weight excluding hydrogens is 344 g/mol. The smallest absolute Gasteiger partial charge is 0.320 e. The largest absolute Gasteiger partial charge is 0.480 e. The fourth-order valence-corrected chi connectivity index (χ4v) is 2.53. The summed E-state index contributed by atoms with van der Waals surface area (Å²) in [6.07, 6.45) is 0.347. The summed E-state index contributed by atoms with van der Waals surface area (Å²) in [5.74, 6) is -0.969. The minimum atomic E-state index is -0.969. The van der Waals surface area contributed by atoms with Crippen LogP contribution >= 0.6 is 15.9 Å². The monoisotopic (exact) mass is 370 g/mol. The maximum atomic E-state index is 10.9. The second-order valence-electron chi connectivity index (χ2n) is 4.43. The van der Waals surface area contributed by atoms with E-state index in [0.717, 1.165) is 26.6 Å². The molecule has 0 aliphatic heterocycles. The molecular formula is C17H27BrN2O2. The van der Waals surface area contributed by atoms with Gasteiger partial charge in [-0.1, -0.05) is 49.7 Å². The second-order valence-corrected chi connectivity index (χ2v) is 5.35. The SMILES string of the molecule is CC.CC.Cc1c(CC(N)C(=O)O)c2ccc(Br)cc2n1C. The van der Waals surface area contributed by atoms with Gasteiger partial charge >= 0.3 is 5.97 Å². The molecule has 1 aromatic carbocycles. The van der Waals surface area contributed by atoms with Gasteiger partial charge in [0.05, 0.1) is 0 Å². The van der Waals surface area contributed by atoms with Crippen molar-refractivity contribution in [3.8, 4) is 0 Å². The van der Waals surface area contributed by atoms with Crippen LogP contribution in [0.25, 0.3) is 10.9 Å². The summed E-state index contributed by atoms with van der Waals surface area (Å²) < 4.78 is 3.06. The van der Waals surface area contributed by atoms with Crippen LogP contribution in [0.15, 0.2) is 22.7 Å². The molecule has 0 fully saturated rings. The number of carboxylic acids is 1. The van der Waals surface area contributed by atoms with Crippen molar-refractivity contribution in [1.82, 2.24) is 4.57 Å². The Balaban J connectivity index is 0.00000102. The van der Waals surface area contributed by atoms with Crippen molar-refractivity contribution in [2.75, 3.05) is 0 Å². The molecule has 1 atom stereocenters. The highest BCUT2D eigenvalue weighted by Gasteiger charge is 2.18. The van der Waals surface area contributed by atoms with Crippen LogP contribution in [0.2, 0.25) is 0 Å². The first-order valence-electron chi connectivity index (χ1n) is 7.63. The lowest BCUT2D eigenvalue weighted by molar-refractivity contribution is -0.138. The van der Waals surface area contributed by atoms with Crippen LogP contribution in [-0.4, -0.2) is 21.7 Å². The first-order chi connectivity index (χ1) is 10.4. The van der Waals surface area contributed by atoms with Crippen molar-refractivity contribution in [2.24, 2.45) is 12.8 Å². The highest BCUT2D eigenvalue weighted by molar-refractivity contribution is 9.10. The molecule has 5 heteroatoms. The summed E-state index contributed by atoms with van der Waals surface area (Å²) in [4.78, 5) is 10.9. The van der Waals surface area contributed by atoms with E-state index in [-0.39, 0.29) is 0 Å². The van der Waals surface area contributed by atoms with Gasteiger partial charge in [0.25, 0.3) is 0 Å². The van der Waals surface area contributed by atoms with Crippen molar-refractivity contribution < 1.29 is 9.90 Å². The number of aliphatic carboxylic acids is 1. The molecule has 0 spiro atoms. The van der Waals surface area contributed by atoms with E-state index < -0.39 is 12.0 Å². The predicted molar refractivity (Wildman–Crippen MR) is 97.4 cm³/mol. The topological polar surface area (TPSA) is 68.2 Å². The third-order valence-electron chi connectivity index (χ3n) is 3.33. The third kappa shape index (κ3) is 4.58. The third-order valence-corrected chi connectivity index (χ3v) is 3.82. The van der Waals surface area contributed by atoms with Crippen LogP contribution in [0.1, 0.15) is 39.0 Å². The molecule has 0 bridgehead atoms. The lowest BCUT2D eigenvalue weighted by Gasteiger charge is -2.07. The number of hydrogen-bond acceptors (Lipinski definition) is 2. The Morgan fingerprint density at radius 3 is 2.36 bits per heavy atom. The normalized spacial score (nSPS) is 11.1. The summed E-state index contributed by atoms with van der Waals surface area (Å²) in [5.41, 5.74) is 8.77. The number of hydrogen-bond donors (Lipinski definition) is 2. The number of rotatable bonds is 3. The maximum Gasteiger partial charge on any atom is 0.320 e. The Morgan fingerprint density at radius 2 is 1.86 bits per heavy atom. The Bertz CT molecular complexity index is 621. The van der Waals surface area contributed by atoms with Gasteiger partial charge in [-0.2, -0.15) is 0 Å². The number of benzene rings is 1. The van der Waals surface area contributed by atoms with E-state index >= 15 is 0 Å².